The van der Waals surface area contributed by atoms with Gasteiger partial charge in [0.25, 0.3) is 10.1 Å². The lowest BCUT2D eigenvalue weighted by Gasteiger charge is -2.20. The normalized spacial score (nSPS) is 16.7. The van der Waals surface area contributed by atoms with Crippen molar-refractivity contribution in [2.45, 2.75) is 50.9 Å². The van der Waals surface area contributed by atoms with Gasteiger partial charge in [-0.25, -0.2) is 8.42 Å². The van der Waals surface area contributed by atoms with Crippen LogP contribution in [0.15, 0.2) is 0 Å². The number of hydrogen-bond donors (Lipinski definition) is 0. The van der Waals surface area contributed by atoms with Crippen LogP contribution in [0.5, 0.6) is 0 Å². The van der Waals surface area contributed by atoms with Gasteiger partial charge in [-0.3, -0.25) is 4.18 Å². The molecule has 0 amide bonds. The number of rotatable bonds is 8. The molecule has 104 valence electrons. The van der Waals surface area contributed by atoms with Crippen molar-refractivity contribution in [2.75, 3.05) is 12.5 Å². The smallest absolute Gasteiger partial charge is 0.264 e. The molecule has 2 unspecified atom stereocenters. The zero-order chi connectivity index (χ0) is 13.7. The van der Waals surface area contributed by atoms with Crippen molar-refractivity contribution < 1.29 is 21.0 Å². The van der Waals surface area contributed by atoms with Crippen LogP contribution in [-0.2, 0) is 24.1 Å². The topological polar surface area (TPSA) is 77.5 Å². The Hall–Kier alpha value is -0.140. The highest BCUT2D eigenvalue weighted by Gasteiger charge is 2.25. The average Bonchev–Trinajstić information content (AvgIpc) is 2.09. The third-order valence-electron chi connectivity index (χ3n) is 2.51. The van der Waals surface area contributed by atoms with Crippen molar-refractivity contribution in [1.29, 1.82) is 0 Å². The van der Waals surface area contributed by atoms with Gasteiger partial charge in [0, 0.05) is 6.26 Å². The van der Waals surface area contributed by atoms with E-state index in [4.69, 9.17) is 4.18 Å². The Balaban J connectivity index is 4.74. The molecule has 5 nitrogen and oxygen atoms in total. The third-order valence-corrected chi connectivity index (χ3v) is 4.87. The van der Waals surface area contributed by atoms with Crippen molar-refractivity contribution in [3.63, 3.8) is 0 Å². The average molecular weight is 286 g/mol. The lowest BCUT2D eigenvalue weighted by atomic mass is 10.1. The Morgan fingerprint density at radius 2 is 1.59 bits per heavy atom. The van der Waals surface area contributed by atoms with E-state index >= 15 is 0 Å². The van der Waals surface area contributed by atoms with E-state index in [0.29, 0.717) is 12.8 Å². The molecule has 0 bridgehead atoms. The summed E-state index contributed by atoms with van der Waals surface area (Å²) in [5.41, 5.74) is 0. The lowest BCUT2D eigenvalue weighted by molar-refractivity contribution is 0.186. The largest absolute Gasteiger partial charge is 0.267 e. The molecule has 17 heavy (non-hydrogen) atoms. The molecule has 0 radical (unpaired) electrons. The first-order valence-electron chi connectivity index (χ1n) is 5.67. The van der Waals surface area contributed by atoms with Crippen LogP contribution in [0.25, 0.3) is 0 Å². The molecule has 2 atom stereocenters. The van der Waals surface area contributed by atoms with Crippen molar-refractivity contribution in [2.24, 2.45) is 0 Å². The highest BCUT2D eigenvalue weighted by Crippen LogP contribution is 2.18. The number of sulfone groups is 1. The first-order valence-corrected chi connectivity index (χ1v) is 9.44. The summed E-state index contributed by atoms with van der Waals surface area (Å²) < 4.78 is 50.0. The Labute approximate surface area is 105 Å². The molecule has 0 aromatic rings. The molecule has 0 aromatic carbocycles. The van der Waals surface area contributed by atoms with Crippen LogP contribution in [-0.4, -0.2) is 40.7 Å². The van der Waals surface area contributed by atoms with Crippen LogP contribution in [0.1, 0.15) is 39.5 Å². The molecule has 0 aromatic heterocycles. The van der Waals surface area contributed by atoms with Crippen LogP contribution in [0.2, 0.25) is 0 Å². The van der Waals surface area contributed by atoms with Gasteiger partial charge >= 0.3 is 0 Å². The maximum Gasteiger partial charge on any atom is 0.264 e. The Bertz CT molecular complexity index is 410. The summed E-state index contributed by atoms with van der Waals surface area (Å²) in [6.07, 6.45) is 3.60. The van der Waals surface area contributed by atoms with Gasteiger partial charge in [-0.15, -0.1) is 0 Å². The summed E-state index contributed by atoms with van der Waals surface area (Å²) in [5, 5.41) is -0.541. The third kappa shape index (κ3) is 7.72. The highest BCUT2D eigenvalue weighted by atomic mass is 32.2. The SMILES string of the molecule is CCCC(CC(CC)S(C)(=O)=O)OS(C)(=O)=O. The van der Waals surface area contributed by atoms with E-state index in [1.165, 1.54) is 6.26 Å². The number of hydrogen-bond acceptors (Lipinski definition) is 5. The first kappa shape index (κ1) is 16.9. The molecular weight excluding hydrogens is 264 g/mol. The van der Waals surface area contributed by atoms with Gasteiger partial charge in [-0.1, -0.05) is 20.3 Å². The van der Waals surface area contributed by atoms with E-state index in [1.807, 2.05) is 6.92 Å². The zero-order valence-corrected chi connectivity index (χ0v) is 12.5. The monoisotopic (exact) mass is 286 g/mol. The highest BCUT2D eigenvalue weighted by molar-refractivity contribution is 7.91. The van der Waals surface area contributed by atoms with E-state index in [-0.39, 0.29) is 6.42 Å². The van der Waals surface area contributed by atoms with E-state index in [9.17, 15) is 16.8 Å². The van der Waals surface area contributed by atoms with E-state index < -0.39 is 31.3 Å². The fraction of sp³-hybridized carbons (Fsp3) is 1.00. The summed E-state index contributed by atoms with van der Waals surface area (Å²) in [7, 11) is -6.70. The van der Waals surface area contributed by atoms with Crippen molar-refractivity contribution >= 4 is 20.0 Å². The van der Waals surface area contributed by atoms with E-state index in [0.717, 1.165) is 12.7 Å². The molecule has 0 spiro atoms. The van der Waals surface area contributed by atoms with Gasteiger partial charge in [0.05, 0.1) is 17.6 Å². The minimum atomic E-state index is -3.54. The van der Waals surface area contributed by atoms with Gasteiger partial charge in [0.15, 0.2) is 0 Å². The second kappa shape index (κ2) is 6.70. The first-order chi connectivity index (χ1) is 7.60. The Morgan fingerprint density at radius 1 is 1.06 bits per heavy atom. The molecule has 0 N–H and O–H groups in total. The molecule has 0 aliphatic rings. The van der Waals surface area contributed by atoms with Crippen LogP contribution < -0.4 is 0 Å². The summed E-state index contributed by atoms with van der Waals surface area (Å²) in [5.74, 6) is 0. The van der Waals surface area contributed by atoms with Gasteiger partial charge in [-0.05, 0) is 19.3 Å². The van der Waals surface area contributed by atoms with Crippen LogP contribution >= 0.6 is 0 Å². The van der Waals surface area contributed by atoms with Crippen molar-refractivity contribution in [1.82, 2.24) is 0 Å². The van der Waals surface area contributed by atoms with E-state index in [1.54, 1.807) is 6.92 Å². The van der Waals surface area contributed by atoms with Gasteiger partial charge < -0.3 is 0 Å². The summed E-state index contributed by atoms with van der Waals surface area (Å²) in [4.78, 5) is 0. The van der Waals surface area contributed by atoms with E-state index in [2.05, 4.69) is 0 Å². The van der Waals surface area contributed by atoms with Crippen LogP contribution in [0.4, 0.5) is 0 Å². The zero-order valence-electron chi connectivity index (χ0n) is 10.8. The maximum atomic E-state index is 11.5. The van der Waals surface area contributed by atoms with Gasteiger partial charge in [0.2, 0.25) is 0 Å². The summed E-state index contributed by atoms with van der Waals surface area (Å²) in [6.45, 7) is 3.68. The second-order valence-electron chi connectivity index (χ2n) is 4.31. The van der Waals surface area contributed by atoms with Gasteiger partial charge in [0.1, 0.15) is 9.84 Å². The lowest BCUT2D eigenvalue weighted by Crippen LogP contribution is -2.28. The Kier molecular flexibility index (Phi) is 6.65. The predicted octanol–water partition coefficient (Wildman–Crippen LogP) is 1.34. The quantitative estimate of drug-likeness (QED) is 0.629. The second-order valence-corrected chi connectivity index (χ2v) is 8.23. The maximum absolute atomic E-state index is 11.5. The molecule has 0 aliphatic heterocycles. The van der Waals surface area contributed by atoms with Gasteiger partial charge in [-0.2, -0.15) is 8.42 Å². The molecule has 0 rings (SSSR count). The standard InChI is InChI=1S/C10H22O5S2/c1-5-7-9(15-17(4,13)14)8-10(6-2)16(3,11)12/h9-10H,5-8H2,1-4H3. The minimum absolute atomic E-state index is 0.232. The molecule has 0 heterocycles. The summed E-state index contributed by atoms with van der Waals surface area (Å²) >= 11 is 0. The fourth-order valence-electron chi connectivity index (χ4n) is 1.71. The molecule has 0 fully saturated rings. The predicted molar refractivity (Wildman–Crippen MR) is 68.2 cm³/mol. The summed E-state index contributed by atoms with van der Waals surface area (Å²) in [6, 6.07) is 0. The van der Waals surface area contributed by atoms with Crippen molar-refractivity contribution in [3.05, 3.63) is 0 Å². The fourth-order valence-corrected chi connectivity index (χ4v) is 3.55. The minimum Gasteiger partial charge on any atom is -0.267 e. The molecule has 0 saturated heterocycles. The van der Waals surface area contributed by atoms with Crippen LogP contribution in [0.3, 0.4) is 0 Å². The molecule has 7 heteroatoms. The van der Waals surface area contributed by atoms with Crippen LogP contribution in [0, 0.1) is 0 Å². The van der Waals surface area contributed by atoms with Crippen molar-refractivity contribution in [3.8, 4) is 0 Å². The Morgan fingerprint density at radius 3 is 1.88 bits per heavy atom. The molecule has 0 aliphatic carbocycles. The molecule has 0 saturated carbocycles. The molecular formula is C10H22O5S2.